The molecule has 3 aromatic rings. The molecule has 0 radical (unpaired) electrons. The third-order valence-electron chi connectivity index (χ3n) is 7.41. The Kier molecular flexibility index (Phi) is 8.48. The number of halogens is 1. The summed E-state index contributed by atoms with van der Waals surface area (Å²) in [6, 6.07) is 11.2. The number of nitrogens with zero attached hydrogens (tertiary/aromatic N) is 4. The van der Waals surface area contributed by atoms with Gasteiger partial charge in [-0.15, -0.1) is 5.10 Å². The van der Waals surface area contributed by atoms with E-state index in [0.717, 1.165) is 42.1 Å². The molecule has 1 saturated heterocycles. The Balaban J connectivity index is 1.29. The highest BCUT2D eigenvalue weighted by Gasteiger charge is 2.30. The topological polar surface area (TPSA) is 116 Å². The Morgan fingerprint density at radius 1 is 1.18 bits per heavy atom. The van der Waals surface area contributed by atoms with Gasteiger partial charge in [0.1, 0.15) is 18.0 Å². The number of fused-ring (bicyclic) bond motifs is 1. The van der Waals surface area contributed by atoms with E-state index in [0.29, 0.717) is 31.6 Å². The molecule has 0 spiro atoms. The Morgan fingerprint density at radius 2 is 1.93 bits per heavy atom. The average Bonchev–Trinajstić information content (AvgIpc) is 3.41. The summed E-state index contributed by atoms with van der Waals surface area (Å²) in [6.07, 6.45) is 2.82. The van der Waals surface area contributed by atoms with Crippen LogP contribution in [0.3, 0.4) is 0 Å². The molecule has 1 aromatic heterocycles. The second-order valence-electron chi connectivity index (χ2n) is 10.4. The van der Waals surface area contributed by atoms with Gasteiger partial charge in [-0.05, 0) is 43.5 Å². The number of piperidine rings is 1. The number of carbonyl (C=O) groups excluding carboxylic acids is 1. The van der Waals surface area contributed by atoms with Gasteiger partial charge in [0.2, 0.25) is 10.0 Å². The van der Waals surface area contributed by atoms with Crippen molar-refractivity contribution in [3.63, 3.8) is 0 Å². The lowest BCUT2D eigenvalue weighted by molar-refractivity contribution is -0.142. The highest BCUT2D eigenvalue weighted by molar-refractivity contribution is 7.89. The zero-order valence-electron chi connectivity index (χ0n) is 22.6. The van der Waals surface area contributed by atoms with Crippen LogP contribution in [-0.4, -0.2) is 73.3 Å². The van der Waals surface area contributed by atoms with Crippen LogP contribution in [0.2, 0.25) is 0 Å². The van der Waals surface area contributed by atoms with E-state index in [1.165, 1.54) is 19.2 Å². The van der Waals surface area contributed by atoms with Gasteiger partial charge in [0.05, 0.1) is 30.3 Å². The molecular formula is C28H34FN5O5S. The van der Waals surface area contributed by atoms with E-state index in [4.69, 9.17) is 9.47 Å². The molecule has 214 valence electrons. The molecule has 3 heterocycles. The van der Waals surface area contributed by atoms with Crippen LogP contribution >= 0.6 is 0 Å². The summed E-state index contributed by atoms with van der Waals surface area (Å²) in [5.41, 5.74) is 3.45. The molecule has 2 atom stereocenters. The van der Waals surface area contributed by atoms with Crippen LogP contribution in [-0.2, 0) is 32.5 Å². The first-order chi connectivity index (χ1) is 19.2. The van der Waals surface area contributed by atoms with Crippen molar-refractivity contribution in [2.75, 3.05) is 26.8 Å². The van der Waals surface area contributed by atoms with E-state index in [-0.39, 0.29) is 17.4 Å². The zero-order chi connectivity index (χ0) is 28.3. The van der Waals surface area contributed by atoms with Crippen molar-refractivity contribution in [3.8, 4) is 5.75 Å². The van der Waals surface area contributed by atoms with E-state index in [1.807, 2.05) is 19.1 Å². The molecule has 0 saturated carbocycles. The van der Waals surface area contributed by atoms with Gasteiger partial charge in [-0.2, -0.15) is 4.72 Å². The quantitative estimate of drug-likeness (QED) is 0.390. The van der Waals surface area contributed by atoms with Crippen LogP contribution in [0.25, 0.3) is 0 Å². The number of hydrogen-bond acceptors (Lipinski definition) is 8. The first-order valence-corrected chi connectivity index (χ1v) is 14.9. The molecule has 0 amide bonds. The van der Waals surface area contributed by atoms with Crippen LogP contribution in [0.5, 0.6) is 5.75 Å². The minimum absolute atomic E-state index is 0.0254. The lowest BCUT2D eigenvalue weighted by Gasteiger charge is -2.30. The summed E-state index contributed by atoms with van der Waals surface area (Å²) >= 11 is 0. The fraction of sp³-hybridized carbons (Fsp3) is 0.464. The second-order valence-corrected chi connectivity index (χ2v) is 12.1. The minimum atomic E-state index is -3.97. The largest absolute Gasteiger partial charge is 0.493 e. The van der Waals surface area contributed by atoms with E-state index >= 15 is 0 Å². The fourth-order valence-electron chi connectivity index (χ4n) is 5.16. The molecule has 1 fully saturated rings. The Labute approximate surface area is 233 Å². The third-order valence-corrected chi connectivity index (χ3v) is 8.90. The second kappa shape index (κ2) is 12.0. The number of likely N-dealkylation sites (tertiary alicyclic amines) is 1. The number of rotatable bonds is 9. The zero-order valence-corrected chi connectivity index (χ0v) is 23.4. The number of hydrogen-bond donors (Lipinski definition) is 1. The van der Waals surface area contributed by atoms with Crippen molar-refractivity contribution in [2.45, 2.75) is 62.3 Å². The van der Waals surface area contributed by atoms with Gasteiger partial charge in [-0.3, -0.25) is 9.69 Å². The van der Waals surface area contributed by atoms with Crippen molar-refractivity contribution < 1.29 is 27.1 Å². The number of ether oxygens (including phenoxy) is 2. The molecule has 10 nitrogen and oxygen atoms in total. The van der Waals surface area contributed by atoms with Crippen molar-refractivity contribution in [2.24, 2.45) is 0 Å². The van der Waals surface area contributed by atoms with Gasteiger partial charge in [-0.1, -0.05) is 35.0 Å². The smallest absolute Gasteiger partial charge is 0.324 e. The summed E-state index contributed by atoms with van der Waals surface area (Å²) in [4.78, 5) is 14.8. The SMILES string of the molecule is COC(=O)C(Cc1cn([C@@H]2CCOc3cc(CN4CCC(F)CC4)ccc32)nn1)NS(=O)(=O)c1ccc(C)cc1. The number of aryl methyl sites for hydroxylation is 1. The van der Waals surface area contributed by atoms with Gasteiger partial charge in [-0.25, -0.2) is 17.5 Å². The predicted molar refractivity (Wildman–Crippen MR) is 145 cm³/mol. The van der Waals surface area contributed by atoms with Gasteiger partial charge in [0.15, 0.2) is 0 Å². The third kappa shape index (κ3) is 6.51. The maximum atomic E-state index is 13.5. The molecule has 12 heteroatoms. The average molecular weight is 572 g/mol. The minimum Gasteiger partial charge on any atom is -0.493 e. The summed E-state index contributed by atoms with van der Waals surface area (Å²) < 4.78 is 54.4. The van der Waals surface area contributed by atoms with E-state index < -0.39 is 28.2 Å². The number of aromatic nitrogens is 3. The number of carbonyl (C=O) groups is 1. The van der Waals surface area contributed by atoms with E-state index in [1.54, 1.807) is 23.0 Å². The van der Waals surface area contributed by atoms with Crippen molar-refractivity contribution in [1.29, 1.82) is 0 Å². The van der Waals surface area contributed by atoms with Crippen molar-refractivity contribution in [1.82, 2.24) is 24.6 Å². The fourth-order valence-corrected chi connectivity index (χ4v) is 6.35. The number of sulfonamides is 1. The molecule has 2 aromatic carbocycles. The van der Waals surface area contributed by atoms with Gasteiger partial charge in [0, 0.05) is 44.2 Å². The summed E-state index contributed by atoms with van der Waals surface area (Å²) in [7, 11) is -2.76. The monoisotopic (exact) mass is 571 g/mol. The molecule has 1 N–H and O–H groups in total. The van der Waals surface area contributed by atoms with E-state index in [9.17, 15) is 17.6 Å². The van der Waals surface area contributed by atoms with Crippen LogP contribution in [0.15, 0.2) is 53.6 Å². The lowest BCUT2D eigenvalue weighted by atomic mass is 9.98. The van der Waals surface area contributed by atoms with Crippen LogP contribution < -0.4 is 9.46 Å². The number of benzene rings is 2. The number of esters is 1. The molecule has 1 unspecified atom stereocenters. The first-order valence-electron chi connectivity index (χ1n) is 13.4. The first kappa shape index (κ1) is 28.2. The van der Waals surface area contributed by atoms with Gasteiger partial charge in [0.25, 0.3) is 0 Å². The van der Waals surface area contributed by atoms with E-state index in [2.05, 4.69) is 26.0 Å². The number of nitrogens with one attached hydrogen (secondary N) is 1. The summed E-state index contributed by atoms with van der Waals surface area (Å²) in [5.74, 6) is 0.0643. The van der Waals surface area contributed by atoms with Crippen LogP contribution in [0.1, 0.15) is 47.7 Å². The normalized spacial score (nSPS) is 19.0. The van der Waals surface area contributed by atoms with Gasteiger partial charge < -0.3 is 9.47 Å². The predicted octanol–water partition coefficient (Wildman–Crippen LogP) is 2.95. The molecule has 5 rings (SSSR count). The molecule has 0 bridgehead atoms. The Bertz CT molecular complexity index is 1440. The van der Waals surface area contributed by atoms with Crippen LogP contribution in [0, 0.1) is 6.92 Å². The lowest BCUT2D eigenvalue weighted by Crippen LogP contribution is -2.43. The highest BCUT2D eigenvalue weighted by atomic mass is 32.2. The number of methoxy groups -OCH3 is 1. The van der Waals surface area contributed by atoms with Gasteiger partial charge >= 0.3 is 5.97 Å². The van der Waals surface area contributed by atoms with Crippen molar-refractivity contribution >= 4 is 16.0 Å². The summed E-state index contributed by atoms with van der Waals surface area (Å²) in [5, 5.41) is 8.53. The maximum absolute atomic E-state index is 13.5. The standard InChI is InChI=1S/C28H34FN5O5S/c1-19-3-6-23(7-4-19)40(36,37)31-25(28(35)38-2)16-22-18-34(32-30-22)26-11-14-39-27-15-20(5-8-24(26)27)17-33-12-9-21(29)10-13-33/h3-8,15,18,21,25-26,31H,9-14,16-17H2,1-2H3/t25?,26-/m1/s1. The number of alkyl halides is 1. The Morgan fingerprint density at radius 3 is 2.65 bits per heavy atom. The molecular weight excluding hydrogens is 537 g/mol. The Hall–Kier alpha value is -3.35. The highest BCUT2D eigenvalue weighted by Crippen LogP contribution is 2.35. The van der Waals surface area contributed by atoms with Crippen LogP contribution in [0.4, 0.5) is 4.39 Å². The molecule has 2 aliphatic rings. The van der Waals surface area contributed by atoms with Crippen molar-refractivity contribution in [3.05, 3.63) is 71.0 Å². The summed E-state index contributed by atoms with van der Waals surface area (Å²) in [6.45, 7) is 4.60. The molecule has 2 aliphatic heterocycles. The molecule has 0 aliphatic carbocycles. The molecule has 40 heavy (non-hydrogen) atoms. The maximum Gasteiger partial charge on any atom is 0.324 e.